The quantitative estimate of drug-likeness (QED) is 0.129. The Kier molecular flexibility index (Phi) is 9.02. The Morgan fingerprint density at radius 1 is 0.510 bits per heavy atom. The van der Waals surface area contributed by atoms with Crippen LogP contribution in [0.4, 0.5) is 0 Å². The number of hydrogen-bond donors (Lipinski definition) is 0. The van der Waals surface area contributed by atoms with Crippen LogP contribution in [0.1, 0.15) is 69.0 Å². The summed E-state index contributed by atoms with van der Waals surface area (Å²) in [6.07, 6.45) is 9.70. The molecule has 2 aliphatic carbocycles. The summed E-state index contributed by atoms with van der Waals surface area (Å²) in [6, 6.07) is 45.5. The molecule has 0 aliphatic heterocycles. The number of rotatable bonds is 9. The van der Waals surface area contributed by atoms with Gasteiger partial charge in [0.25, 0.3) is 0 Å². The van der Waals surface area contributed by atoms with Crippen LogP contribution >= 0.6 is 8.51 Å². The fourth-order valence-corrected chi connectivity index (χ4v) is 36.4. The number of hydrogen-bond acceptors (Lipinski definition) is 0. The monoisotopic (exact) mass is 750 g/mol. The van der Waals surface area contributed by atoms with Crippen molar-refractivity contribution in [2.75, 3.05) is 0 Å². The molecule has 0 N–H and O–H groups in total. The maximum absolute atomic E-state index is 8.78. The zero-order valence-corrected chi connectivity index (χ0v) is 33.5. The Morgan fingerprint density at radius 2 is 0.898 bits per heavy atom. The van der Waals surface area contributed by atoms with E-state index in [4.69, 9.17) is 8.51 Å². The van der Waals surface area contributed by atoms with Crippen LogP contribution < -0.4 is 0 Å². The Balaban J connectivity index is 1.33. The summed E-state index contributed by atoms with van der Waals surface area (Å²) in [4.78, 5) is 0. The molecule has 6 aromatic rings. The topological polar surface area (TPSA) is 0 Å². The molecule has 0 nitrogen and oxygen atoms in total. The van der Waals surface area contributed by atoms with Gasteiger partial charge in [0, 0.05) is 0 Å². The average molecular weight is 753 g/mol. The van der Waals surface area contributed by atoms with E-state index in [1.807, 2.05) is 0 Å². The van der Waals surface area contributed by atoms with Crippen LogP contribution in [0.2, 0.25) is 13.1 Å². The van der Waals surface area contributed by atoms with Crippen molar-refractivity contribution in [3.63, 3.8) is 0 Å². The molecule has 0 amide bonds. The second kappa shape index (κ2) is 13.4. The van der Waals surface area contributed by atoms with E-state index in [0.29, 0.717) is 7.25 Å². The van der Waals surface area contributed by atoms with Crippen LogP contribution in [-0.2, 0) is 18.2 Å². The molecule has 2 unspecified atom stereocenters. The van der Waals surface area contributed by atoms with Gasteiger partial charge in [0.15, 0.2) is 0 Å². The predicted octanol–water partition coefficient (Wildman–Crippen LogP) is 13.8. The third-order valence-corrected chi connectivity index (χ3v) is 48.1. The van der Waals surface area contributed by atoms with E-state index in [-0.39, 0.29) is 0 Å². The molecule has 3 heteroatoms. The molecule has 6 aromatic carbocycles. The van der Waals surface area contributed by atoms with Crippen LogP contribution in [0, 0.1) is 0 Å². The first-order valence-corrected chi connectivity index (χ1v) is 31.4. The van der Waals surface area contributed by atoms with Crippen molar-refractivity contribution in [1.82, 2.24) is 0 Å². The van der Waals surface area contributed by atoms with E-state index < -0.39 is 24.2 Å². The molecular weight excluding hydrogens is 707 g/mol. The molecule has 0 saturated heterocycles. The fraction of sp³-hybridized carbons (Fsp3) is 0.217. The van der Waals surface area contributed by atoms with E-state index in [1.54, 1.807) is 11.1 Å². The zero-order valence-electron chi connectivity index (χ0n) is 29.1. The number of allylic oxidation sites excluding steroid dienone is 2. The molecule has 2 aliphatic rings. The Morgan fingerprint density at radius 3 is 1.33 bits per heavy atom. The first-order valence-electron chi connectivity index (χ1n) is 18.3. The predicted molar refractivity (Wildman–Crippen MR) is 215 cm³/mol. The van der Waals surface area contributed by atoms with Gasteiger partial charge in [-0.05, 0) is 0 Å². The molecule has 49 heavy (non-hydrogen) atoms. The van der Waals surface area contributed by atoms with E-state index in [1.165, 1.54) is 66.1 Å². The molecule has 0 bridgehead atoms. The molecule has 0 saturated carbocycles. The summed E-state index contributed by atoms with van der Waals surface area (Å²) in [5, 5.41) is 5.24. The van der Waals surface area contributed by atoms with E-state index in [0.717, 1.165) is 25.7 Å². The van der Waals surface area contributed by atoms with Crippen molar-refractivity contribution < 1.29 is 18.2 Å². The van der Waals surface area contributed by atoms with Gasteiger partial charge in [-0.15, -0.1) is 0 Å². The van der Waals surface area contributed by atoms with Gasteiger partial charge in [-0.25, -0.2) is 0 Å². The molecule has 2 atom stereocenters. The van der Waals surface area contributed by atoms with Crippen molar-refractivity contribution in [1.29, 1.82) is 0 Å². The third kappa shape index (κ3) is 5.42. The molecule has 244 valence electrons. The SMILES string of the molecule is CCCC1=Cc2c(-c3cccc4ccccc34)cccc2[CH]1[Zr]([Cl])([CH]1C(CCC)=Cc2c(-c3cccc4ccccc34)cccc21)[SiH](C)C. The van der Waals surface area contributed by atoms with Crippen molar-refractivity contribution in [2.45, 2.75) is 59.9 Å². The molecule has 0 spiro atoms. The number of fused-ring (bicyclic) bond motifs is 4. The number of halogens is 1. The van der Waals surface area contributed by atoms with Gasteiger partial charge in [-0.1, -0.05) is 0 Å². The molecular formula is C46H45ClSiZr. The molecule has 0 heterocycles. The van der Waals surface area contributed by atoms with Gasteiger partial charge < -0.3 is 0 Å². The van der Waals surface area contributed by atoms with E-state index in [9.17, 15) is 0 Å². The van der Waals surface area contributed by atoms with E-state index in [2.05, 4.69) is 160 Å². The van der Waals surface area contributed by atoms with Crippen LogP contribution in [0.5, 0.6) is 0 Å². The van der Waals surface area contributed by atoms with E-state index >= 15 is 0 Å². The van der Waals surface area contributed by atoms with Crippen LogP contribution in [0.3, 0.4) is 0 Å². The first kappa shape index (κ1) is 32.9. The van der Waals surface area contributed by atoms with Gasteiger partial charge >= 0.3 is 303 Å². The maximum atomic E-state index is 8.78. The van der Waals surface area contributed by atoms with Gasteiger partial charge in [-0.3, -0.25) is 0 Å². The van der Waals surface area contributed by atoms with Crippen LogP contribution in [0.25, 0.3) is 56.0 Å². The average Bonchev–Trinajstić information content (AvgIpc) is 3.69. The second-order valence-electron chi connectivity index (χ2n) is 14.5. The number of benzene rings is 6. The second-order valence-corrected chi connectivity index (χ2v) is 43.9. The first-order chi connectivity index (χ1) is 24.0. The van der Waals surface area contributed by atoms with Crippen LogP contribution in [-0.4, -0.2) is 5.92 Å². The molecule has 0 aromatic heterocycles. The summed E-state index contributed by atoms with van der Waals surface area (Å²) >= 11 is -3.64. The van der Waals surface area contributed by atoms with Crippen molar-refractivity contribution in [3.8, 4) is 22.3 Å². The molecule has 0 fully saturated rings. The summed E-state index contributed by atoms with van der Waals surface area (Å²) in [7, 11) is 8.78. The minimum absolute atomic E-state index is 0.380. The molecule has 0 radical (unpaired) electrons. The standard InChI is InChI=1S/2C22H19.C2H7Si.ClH.Zr/c2*1-2-7-16-14-18-10-6-13-21(22(18)15-16)20-12-5-9-17-8-3-4-11-19(17)20;1-3-2;;/h2*3-6,8-15H,2,7H2,1H3;3H,1-2H3;1H;/q;;;;+1/p-1. The minimum atomic E-state index is -3.64. The summed E-state index contributed by atoms with van der Waals surface area (Å²) in [5.74, 6) is -1.32. The van der Waals surface area contributed by atoms with Gasteiger partial charge in [-0.2, -0.15) is 0 Å². The summed E-state index contributed by atoms with van der Waals surface area (Å²) in [6.45, 7) is 9.87. The van der Waals surface area contributed by atoms with Gasteiger partial charge in [0.1, 0.15) is 0 Å². The Bertz CT molecular complexity index is 2110. The third-order valence-electron chi connectivity index (χ3n) is 11.3. The Hall–Kier alpha value is -3.29. The van der Waals surface area contributed by atoms with Crippen molar-refractivity contribution >= 4 is 48.1 Å². The summed E-state index contributed by atoms with van der Waals surface area (Å²) in [5.41, 5.74) is 14.4. The fourth-order valence-electron chi connectivity index (χ4n) is 9.21. The summed E-state index contributed by atoms with van der Waals surface area (Å²) < 4.78 is 0.759. The van der Waals surface area contributed by atoms with Crippen molar-refractivity contribution in [3.05, 3.63) is 155 Å². The molecule has 8 rings (SSSR count). The zero-order chi connectivity index (χ0) is 33.7. The normalized spacial score (nSPS) is 18.0. The Labute approximate surface area is 301 Å². The van der Waals surface area contributed by atoms with Gasteiger partial charge in [0.05, 0.1) is 0 Å². The van der Waals surface area contributed by atoms with Gasteiger partial charge in [0.2, 0.25) is 0 Å². The van der Waals surface area contributed by atoms with Crippen molar-refractivity contribution in [2.24, 2.45) is 0 Å². The van der Waals surface area contributed by atoms with Crippen LogP contribution in [0.15, 0.2) is 132 Å².